The number of hydrogen-bond donors (Lipinski definition) is 2. The fraction of sp³-hybridized carbons (Fsp3) is 0.308. The van der Waals surface area contributed by atoms with E-state index >= 15 is 0 Å². The molecule has 0 bridgehead atoms. The van der Waals surface area contributed by atoms with Crippen LogP contribution >= 0.6 is 12.2 Å². The third kappa shape index (κ3) is 3.51. The fourth-order valence-corrected chi connectivity index (χ4v) is 2.03. The van der Waals surface area contributed by atoms with Gasteiger partial charge < -0.3 is 16.0 Å². The van der Waals surface area contributed by atoms with Gasteiger partial charge in [0.15, 0.2) is 0 Å². The summed E-state index contributed by atoms with van der Waals surface area (Å²) < 4.78 is 2.38. The first-order chi connectivity index (χ1) is 8.64. The predicted octanol–water partition coefficient (Wildman–Crippen LogP) is 1.33. The van der Waals surface area contributed by atoms with E-state index in [1.54, 1.807) is 12.1 Å². The second-order valence-electron chi connectivity index (χ2n) is 5.10. The highest BCUT2D eigenvalue weighted by Crippen LogP contribution is 2.18. The number of carbonyl (C=O) groups is 2. The molecule has 0 aliphatic carbocycles. The molecule has 1 rings (SSSR count). The van der Waals surface area contributed by atoms with Crippen molar-refractivity contribution in [1.29, 1.82) is 0 Å². The third-order valence-corrected chi connectivity index (χ3v) is 2.96. The lowest BCUT2D eigenvalue weighted by Crippen LogP contribution is -2.26. The lowest BCUT2D eigenvalue weighted by molar-refractivity contribution is -0.120. The summed E-state index contributed by atoms with van der Waals surface area (Å²) in [6, 6.07) is 3.49. The zero-order chi connectivity index (χ0) is 14.8. The summed E-state index contributed by atoms with van der Waals surface area (Å²) in [5.74, 6) is -1.74. The van der Waals surface area contributed by atoms with Crippen molar-refractivity contribution in [2.45, 2.75) is 26.3 Å². The van der Waals surface area contributed by atoms with Crippen molar-refractivity contribution in [1.82, 2.24) is 4.57 Å². The Hall–Kier alpha value is -1.95. The van der Waals surface area contributed by atoms with E-state index in [0.29, 0.717) is 10.2 Å². The molecule has 0 fully saturated rings. The Kier molecular flexibility index (Phi) is 4.26. The number of aromatic nitrogens is 1. The number of hydrogen-bond acceptors (Lipinski definition) is 3. The van der Waals surface area contributed by atoms with Crippen LogP contribution < -0.4 is 11.5 Å². The Morgan fingerprint density at radius 1 is 1.26 bits per heavy atom. The second-order valence-corrected chi connectivity index (χ2v) is 5.48. The quantitative estimate of drug-likeness (QED) is 0.378. The molecule has 2 amide bonds. The highest BCUT2D eigenvalue weighted by molar-refractivity contribution is 7.71. The highest BCUT2D eigenvalue weighted by atomic mass is 32.1. The van der Waals surface area contributed by atoms with Gasteiger partial charge in [-0.05, 0) is 32.9 Å². The number of amides is 2. The third-order valence-electron chi connectivity index (χ3n) is 2.53. The van der Waals surface area contributed by atoms with Crippen molar-refractivity contribution in [3.63, 3.8) is 0 Å². The lowest BCUT2D eigenvalue weighted by atomic mass is 10.1. The van der Waals surface area contributed by atoms with E-state index in [-0.39, 0.29) is 11.1 Å². The first kappa shape index (κ1) is 15.1. The maximum Gasteiger partial charge on any atom is 0.254 e. The minimum Gasteiger partial charge on any atom is -0.365 e. The topological polar surface area (TPSA) is 91.1 Å². The number of pyridine rings is 1. The van der Waals surface area contributed by atoms with Crippen LogP contribution in [0.4, 0.5) is 0 Å². The molecule has 1 aromatic heterocycles. The first-order valence-corrected chi connectivity index (χ1v) is 6.09. The van der Waals surface area contributed by atoms with E-state index in [9.17, 15) is 9.59 Å². The Morgan fingerprint density at radius 3 is 2.21 bits per heavy atom. The van der Waals surface area contributed by atoms with Gasteiger partial charge in [0.2, 0.25) is 0 Å². The Balaban J connectivity index is 3.46. The number of nitrogens with zero attached hydrogens (tertiary/aromatic N) is 1. The molecule has 0 aliphatic heterocycles. The molecule has 0 atom stereocenters. The number of nitrogens with two attached hydrogens (primary N) is 2. The molecule has 0 unspecified atom stereocenters. The molecule has 0 radical (unpaired) electrons. The molecule has 0 saturated heterocycles. The van der Waals surface area contributed by atoms with E-state index in [4.69, 9.17) is 23.7 Å². The van der Waals surface area contributed by atoms with Crippen LogP contribution in [-0.4, -0.2) is 16.4 Å². The van der Waals surface area contributed by atoms with Crippen molar-refractivity contribution in [3.8, 4) is 0 Å². The van der Waals surface area contributed by atoms with Crippen LogP contribution in [0.5, 0.6) is 0 Å². The molecular weight excluding hydrogens is 262 g/mol. The molecule has 4 N–H and O–H groups in total. The molecule has 102 valence electrons. The summed E-state index contributed by atoms with van der Waals surface area (Å²) in [7, 11) is 0. The minimum absolute atomic E-state index is 0.208. The maximum atomic E-state index is 11.2. The Morgan fingerprint density at radius 2 is 1.79 bits per heavy atom. The van der Waals surface area contributed by atoms with Crippen LogP contribution in [0.3, 0.4) is 0 Å². The molecule has 5 nitrogen and oxygen atoms in total. The van der Waals surface area contributed by atoms with Crippen LogP contribution in [0, 0.1) is 4.64 Å². The van der Waals surface area contributed by atoms with Crippen LogP contribution in [-0.2, 0) is 15.1 Å². The van der Waals surface area contributed by atoms with Gasteiger partial charge in [-0.1, -0.05) is 18.3 Å². The SMILES string of the molecule is CC(C)(C)n1cccc(C=C(C(N)=O)C(N)=O)c1=S. The van der Waals surface area contributed by atoms with Gasteiger partial charge in [0.05, 0.1) is 0 Å². The van der Waals surface area contributed by atoms with Crippen molar-refractivity contribution in [2.24, 2.45) is 11.5 Å². The molecule has 19 heavy (non-hydrogen) atoms. The molecular formula is C13H17N3O2S. The average Bonchev–Trinajstić information content (AvgIpc) is 2.24. The molecule has 0 saturated carbocycles. The van der Waals surface area contributed by atoms with Gasteiger partial charge in [-0.15, -0.1) is 0 Å². The van der Waals surface area contributed by atoms with Gasteiger partial charge in [-0.2, -0.15) is 0 Å². The summed E-state index contributed by atoms with van der Waals surface area (Å²) in [6.07, 6.45) is 3.17. The van der Waals surface area contributed by atoms with Gasteiger partial charge in [0.25, 0.3) is 11.8 Å². The molecule has 0 aliphatic rings. The maximum absolute atomic E-state index is 11.2. The first-order valence-electron chi connectivity index (χ1n) is 5.68. The van der Waals surface area contributed by atoms with E-state index in [1.807, 2.05) is 31.5 Å². The summed E-state index contributed by atoms with van der Waals surface area (Å²) >= 11 is 5.35. The summed E-state index contributed by atoms with van der Waals surface area (Å²) in [5.41, 5.74) is 10.3. The fourth-order valence-electron chi connectivity index (χ4n) is 1.57. The lowest BCUT2D eigenvalue weighted by Gasteiger charge is -2.24. The standard InChI is InChI=1S/C13H17N3O2S/c1-13(2,3)16-6-4-5-8(12(16)19)7-9(10(14)17)11(15)18/h4-7H,1-3H3,(H2,14,17)(H2,15,18). The number of rotatable bonds is 3. The normalized spacial score (nSPS) is 10.9. The highest BCUT2D eigenvalue weighted by Gasteiger charge is 2.15. The summed E-state index contributed by atoms with van der Waals surface area (Å²) in [4.78, 5) is 22.3. The minimum atomic E-state index is -0.868. The molecule has 1 aromatic rings. The van der Waals surface area contributed by atoms with Gasteiger partial charge in [0, 0.05) is 17.3 Å². The monoisotopic (exact) mass is 279 g/mol. The molecule has 1 heterocycles. The van der Waals surface area contributed by atoms with Gasteiger partial charge in [-0.25, -0.2) is 0 Å². The average molecular weight is 279 g/mol. The van der Waals surface area contributed by atoms with Crippen LogP contribution in [0.15, 0.2) is 23.9 Å². The number of primary amides is 2. The van der Waals surface area contributed by atoms with E-state index in [0.717, 1.165) is 0 Å². The van der Waals surface area contributed by atoms with Gasteiger partial charge in [0.1, 0.15) is 10.2 Å². The molecule has 0 aromatic carbocycles. The van der Waals surface area contributed by atoms with Crippen molar-refractivity contribution in [2.75, 3.05) is 0 Å². The second kappa shape index (κ2) is 5.36. The Labute approximate surface area is 116 Å². The molecule has 6 heteroatoms. The number of carbonyl (C=O) groups excluding carboxylic acids is 2. The predicted molar refractivity (Wildman–Crippen MR) is 76.6 cm³/mol. The van der Waals surface area contributed by atoms with Crippen molar-refractivity contribution < 1.29 is 9.59 Å². The molecule has 0 spiro atoms. The van der Waals surface area contributed by atoms with Crippen LogP contribution in [0.25, 0.3) is 6.08 Å². The van der Waals surface area contributed by atoms with E-state index in [1.165, 1.54) is 6.08 Å². The summed E-state index contributed by atoms with van der Waals surface area (Å²) in [6.45, 7) is 6.00. The van der Waals surface area contributed by atoms with Crippen molar-refractivity contribution >= 4 is 30.1 Å². The van der Waals surface area contributed by atoms with E-state index < -0.39 is 11.8 Å². The zero-order valence-electron chi connectivity index (χ0n) is 11.1. The van der Waals surface area contributed by atoms with Crippen LogP contribution in [0.2, 0.25) is 0 Å². The van der Waals surface area contributed by atoms with Gasteiger partial charge >= 0.3 is 0 Å². The van der Waals surface area contributed by atoms with E-state index in [2.05, 4.69) is 0 Å². The Bertz CT molecular complexity index is 593. The van der Waals surface area contributed by atoms with Gasteiger partial charge in [-0.3, -0.25) is 9.59 Å². The van der Waals surface area contributed by atoms with Crippen molar-refractivity contribution in [3.05, 3.63) is 34.1 Å². The zero-order valence-corrected chi connectivity index (χ0v) is 12.0. The largest absolute Gasteiger partial charge is 0.365 e. The van der Waals surface area contributed by atoms with Crippen LogP contribution in [0.1, 0.15) is 26.3 Å². The smallest absolute Gasteiger partial charge is 0.254 e. The summed E-state index contributed by atoms with van der Waals surface area (Å²) in [5, 5.41) is 0.